The Kier molecular flexibility index (Phi) is 8.21. The topological polar surface area (TPSA) is 69.4 Å². The predicted octanol–water partition coefficient (Wildman–Crippen LogP) is 1.93. The Balaban J connectivity index is 3.96. The summed E-state index contributed by atoms with van der Waals surface area (Å²) in [5.74, 6) is -1.37. The molecule has 0 aliphatic rings. The van der Waals surface area contributed by atoms with Crippen molar-refractivity contribution < 1.29 is 14.3 Å². The normalized spacial score (nSPS) is 11.2. The van der Waals surface area contributed by atoms with Gasteiger partial charge in [0.1, 0.15) is 5.57 Å². The number of methoxy groups -OCH3 is 1. The molecule has 0 radical (unpaired) electrons. The minimum atomic E-state index is -0.722. The fourth-order valence-electron chi connectivity index (χ4n) is 1.39. The van der Waals surface area contributed by atoms with Gasteiger partial charge >= 0.3 is 5.97 Å². The number of ether oxygens (including phenoxy) is 1. The Morgan fingerprint density at radius 3 is 2.31 bits per heavy atom. The molecule has 0 aromatic carbocycles. The number of carbonyl (C=O) groups excluding carboxylic acids is 2. The molecule has 0 fully saturated rings. The molecule has 0 rings (SSSR count). The molecule has 0 aliphatic heterocycles. The number of allylic oxidation sites excluding steroid dienone is 1. The van der Waals surface area contributed by atoms with Crippen LogP contribution in [-0.2, 0) is 14.3 Å². The highest BCUT2D eigenvalue weighted by Crippen LogP contribution is 2.07. The largest absolute Gasteiger partial charge is 0.465 e. The van der Waals surface area contributed by atoms with Gasteiger partial charge in [-0.1, -0.05) is 38.7 Å². The summed E-state index contributed by atoms with van der Waals surface area (Å²) >= 11 is 0. The molecule has 0 aromatic heterocycles. The molecule has 0 atom stereocenters. The Hall–Kier alpha value is -1.32. The van der Waals surface area contributed by atoms with E-state index in [9.17, 15) is 9.59 Å². The first-order valence-corrected chi connectivity index (χ1v) is 5.71. The number of unbranched alkanes of at least 4 members (excludes halogenated alkanes) is 5. The average Bonchev–Trinajstić information content (AvgIpc) is 2.26. The van der Waals surface area contributed by atoms with Gasteiger partial charge in [0.05, 0.1) is 7.11 Å². The first-order chi connectivity index (χ1) is 7.63. The number of esters is 1. The summed E-state index contributed by atoms with van der Waals surface area (Å²) in [6.07, 6.45) is 7.95. The standard InChI is InChI=1S/C12H21NO3/c1-3-4-5-6-7-8-9-10(11(13)14)12(15)16-2/h9H,3-8H2,1-2H3,(H2,13,14). The van der Waals surface area contributed by atoms with Crippen LogP contribution in [0.3, 0.4) is 0 Å². The van der Waals surface area contributed by atoms with Crippen molar-refractivity contribution in [1.82, 2.24) is 0 Å². The molecular formula is C12H21NO3. The zero-order valence-electron chi connectivity index (χ0n) is 10.1. The Labute approximate surface area is 96.8 Å². The maximum Gasteiger partial charge on any atom is 0.343 e. The summed E-state index contributed by atoms with van der Waals surface area (Å²) < 4.78 is 4.46. The van der Waals surface area contributed by atoms with Gasteiger partial charge in [0.15, 0.2) is 0 Å². The molecule has 0 heterocycles. The van der Waals surface area contributed by atoms with E-state index in [1.165, 1.54) is 26.4 Å². The monoisotopic (exact) mass is 227 g/mol. The second-order valence-corrected chi connectivity index (χ2v) is 3.68. The Morgan fingerprint density at radius 1 is 1.19 bits per heavy atom. The maximum atomic E-state index is 11.1. The molecule has 0 bridgehead atoms. The van der Waals surface area contributed by atoms with Gasteiger partial charge in [0.2, 0.25) is 0 Å². The average molecular weight is 227 g/mol. The van der Waals surface area contributed by atoms with Crippen molar-refractivity contribution in [2.45, 2.75) is 45.4 Å². The third kappa shape index (κ3) is 6.22. The van der Waals surface area contributed by atoms with Crippen molar-refractivity contribution in [1.29, 1.82) is 0 Å². The highest BCUT2D eigenvalue weighted by Gasteiger charge is 2.14. The Morgan fingerprint density at radius 2 is 1.81 bits per heavy atom. The van der Waals surface area contributed by atoms with E-state index in [-0.39, 0.29) is 5.57 Å². The second-order valence-electron chi connectivity index (χ2n) is 3.68. The van der Waals surface area contributed by atoms with Gasteiger partial charge in [0, 0.05) is 0 Å². The summed E-state index contributed by atoms with van der Waals surface area (Å²) in [5.41, 5.74) is 5.02. The van der Waals surface area contributed by atoms with E-state index in [1.807, 2.05) is 0 Å². The van der Waals surface area contributed by atoms with Gasteiger partial charge < -0.3 is 10.5 Å². The lowest BCUT2D eigenvalue weighted by Crippen LogP contribution is -2.21. The van der Waals surface area contributed by atoms with Crippen LogP contribution in [-0.4, -0.2) is 19.0 Å². The van der Waals surface area contributed by atoms with Crippen molar-refractivity contribution in [2.24, 2.45) is 5.73 Å². The van der Waals surface area contributed by atoms with E-state index in [1.54, 1.807) is 6.08 Å². The maximum absolute atomic E-state index is 11.1. The van der Waals surface area contributed by atoms with Gasteiger partial charge in [-0.3, -0.25) is 4.79 Å². The van der Waals surface area contributed by atoms with Crippen LogP contribution in [0.4, 0.5) is 0 Å². The first-order valence-electron chi connectivity index (χ1n) is 5.71. The smallest absolute Gasteiger partial charge is 0.343 e. The van der Waals surface area contributed by atoms with Crippen LogP contribution in [0.1, 0.15) is 45.4 Å². The third-order valence-corrected chi connectivity index (χ3v) is 2.33. The molecule has 4 nitrogen and oxygen atoms in total. The molecule has 0 spiro atoms. The summed E-state index contributed by atoms with van der Waals surface area (Å²) in [6, 6.07) is 0. The van der Waals surface area contributed by atoms with E-state index in [0.717, 1.165) is 12.8 Å². The zero-order chi connectivity index (χ0) is 12.4. The number of hydrogen-bond donors (Lipinski definition) is 1. The van der Waals surface area contributed by atoms with E-state index in [4.69, 9.17) is 5.73 Å². The number of rotatable bonds is 8. The van der Waals surface area contributed by atoms with Crippen LogP contribution in [0.5, 0.6) is 0 Å². The van der Waals surface area contributed by atoms with Gasteiger partial charge in [-0.25, -0.2) is 4.79 Å². The van der Waals surface area contributed by atoms with E-state index >= 15 is 0 Å². The van der Waals surface area contributed by atoms with Crippen molar-refractivity contribution in [3.63, 3.8) is 0 Å². The predicted molar refractivity (Wildman–Crippen MR) is 62.7 cm³/mol. The SMILES string of the molecule is CCCCCCCC=C(C(N)=O)C(=O)OC. The number of amides is 1. The number of primary amides is 1. The van der Waals surface area contributed by atoms with Crippen molar-refractivity contribution in [2.75, 3.05) is 7.11 Å². The van der Waals surface area contributed by atoms with Crippen molar-refractivity contribution in [3.8, 4) is 0 Å². The number of nitrogens with two attached hydrogens (primary N) is 1. The quantitative estimate of drug-likeness (QED) is 0.226. The fourth-order valence-corrected chi connectivity index (χ4v) is 1.39. The van der Waals surface area contributed by atoms with Crippen LogP contribution in [0.15, 0.2) is 11.6 Å². The van der Waals surface area contributed by atoms with Crippen LogP contribution in [0.25, 0.3) is 0 Å². The lowest BCUT2D eigenvalue weighted by Gasteiger charge is -2.01. The summed E-state index contributed by atoms with van der Waals surface area (Å²) in [6.45, 7) is 2.16. The fraction of sp³-hybridized carbons (Fsp3) is 0.667. The zero-order valence-corrected chi connectivity index (χ0v) is 10.1. The van der Waals surface area contributed by atoms with Crippen molar-refractivity contribution in [3.05, 3.63) is 11.6 Å². The summed E-state index contributed by atoms with van der Waals surface area (Å²) in [4.78, 5) is 22.0. The molecular weight excluding hydrogens is 206 g/mol. The van der Waals surface area contributed by atoms with Crippen LogP contribution >= 0.6 is 0 Å². The van der Waals surface area contributed by atoms with Gasteiger partial charge in [0.25, 0.3) is 5.91 Å². The molecule has 0 aliphatic carbocycles. The highest BCUT2D eigenvalue weighted by molar-refractivity contribution is 6.15. The van der Waals surface area contributed by atoms with Gasteiger partial charge in [-0.05, 0) is 12.8 Å². The molecule has 2 N–H and O–H groups in total. The van der Waals surface area contributed by atoms with Gasteiger partial charge in [-0.2, -0.15) is 0 Å². The number of hydrogen-bond acceptors (Lipinski definition) is 3. The third-order valence-electron chi connectivity index (χ3n) is 2.33. The van der Waals surface area contributed by atoms with Crippen molar-refractivity contribution >= 4 is 11.9 Å². The lowest BCUT2D eigenvalue weighted by atomic mass is 10.1. The highest BCUT2D eigenvalue weighted by atomic mass is 16.5. The van der Waals surface area contributed by atoms with E-state index in [2.05, 4.69) is 11.7 Å². The molecule has 0 saturated carbocycles. The van der Waals surface area contributed by atoms with E-state index < -0.39 is 11.9 Å². The van der Waals surface area contributed by atoms with E-state index in [0.29, 0.717) is 6.42 Å². The number of carbonyl (C=O) groups is 2. The molecule has 4 heteroatoms. The summed E-state index contributed by atoms with van der Waals surface area (Å²) in [5, 5.41) is 0. The van der Waals surface area contributed by atoms with Crippen LogP contribution in [0.2, 0.25) is 0 Å². The molecule has 92 valence electrons. The molecule has 1 amide bonds. The second kappa shape index (κ2) is 8.95. The lowest BCUT2D eigenvalue weighted by molar-refractivity contribution is -0.137. The molecule has 0 aromatic rings. The molecule has 0 saturated heterocycles. The molecule has 16 heavy (non-hydrogen) atoms. The van der Waals surface area contributed by atoms with Gasteiger partial charge in [-0.15, -0.1) is 0 Å². The minimum Gasteiger partial charge on any atom is -0.465 e. The minimum absolute atomic E-state index is 0.0435. The summed E-state index contributed by atoms with van der Waals surface area (Å²) in [7, 11) is 1.24. The Bertz CT molecular complexity index is 259. The molecule has 0 unspecified atom stereocenters. The first kappa shape index (κ1) is 14.7. The van der Waals surface area contributed by atoms with Crippen LogP contribution < -0.4 is 5.73 Å². The van der Waals surface area contributed by atoms with Crippen LogP contribution in [0, 0.1) is 0 Å².